The second-order valence-electron chi connectivity index (χ2n) is 8.30. The number of morpholine rings is 1. The topological polar surface area (TPSA) is 142 Å². The van der Waals surface area contributed by atoms with E-state index in [1.165, 1.54) is 34.3 Å². The van der Waals surface area contributed by atoms with Crippen LogP contribution in [0, 0.1) is 13.8 Å². The number of ether oxygens (including phenoxy) is 1. The molecule has 2 aliphatic heterocycles. The molecule has 1 N–H and O–H groups in total. The van der Waals surface area contributed by atoms with E-state index in [1.54, 1.807) is 0 Å². The van der Waals surface area contributed by atoms with E-state index in [0.717, 1.165) is 0 Å². The van der Waals surface area contributed by atoms with Crippen molar-refractivity contribution in [2.45, 2.75) is 57.8 Å². The summed E-state index contributed by atoms with van der Waals surface area (Å²) < 4.78 is 67.0. The van der Waals surface area contributed by atoms with E-state index >= 15 is 0 Å². The normalized spacial score (nSPS) is 25.1. The lowest BCUT2D eigenvalue weighted by atomic mass is 10.2. The van der Waals surface area contributed by atoms with Crippen LogP contribution >= 0.6 is 0 Å². The lowest BCUT2D eigenvalue weighted by molar-refractivity contribution is -0.133. The summed E-state index contributed by atoms with van der Waals surface area (Å²) in [6.45, 7) is 9.30. The van der Waals surface area contributed by atoms with E-state index in [-0.39, 0.29) is 67.8 Å². The maximum atomic E-state index is 13.0. The van der Waals surface area contributed by atoms with Gasteiger partial charge in [-0.2, -0.15) is 21.8 Å². The summed E-state index contributed by atoms with van der Waals surface area (Å²) in [7, 11) is -7.67. The summed E-state index contributed by atoms with van der Waals surface area (Å²) in [6.07, 6.45) is -0.383. The van der Waals surface area contributed by atoms with Crippen LogP contribution < -0.4 is 4.72 Å². The number of aromatic nitrogens is 1. The predicted molar refractivity (Wildman–Crippen MR) is 114 cm³/mol. The number of sulfonamides is 1. The number of nitrogens with zero attached hydrogens (tertiary/aromatic N) is 4. The van der Waals surface area contributed by atoms with Crippen molar-refractivity contribution in [3.05, 3.63) is 11.5 Å². The minimum absolute atomic E-state index is 0.0815. The first-order chi connectivity index (χ1) is 14.8. The molecule has 2 fully saturated rings. The highest BCUT2D eigenvalue weighted by Gasteiger charge is 2.38. The van der Waals surface area contributed by atoms with Gasteiger partial charge in [-0.05, 0) is 34.6 Å². The van der Waals surface area contributed by atoms with Crippen molar-refractivity contribution < 1.29 is 30.9 Å². The lowest BCUT2D eigenvalue weighted by Crippen LogP contribution is -2.59. The third-order valence-electron chi connectivity index (χ3n) is 5.53. The maximum Gasteiger partial charge on any atom is 0.282 e. The number of piperazine rings is 1. The average Bonchev–Trinajstić information content (AvgIpc) is 3.05. The Morgan fingerprint density at radius 1 is 1.03 bits per heavy atom. The van der Waals surface area contributed by atoms with Gasteiger partial charge < -0.3 is 14.2 Å². The standard InChI is InChI=1S/C18H31N5O7S2/c1-12-10-23(11-13(2)29-12)32(27,28)22-8-6-21(7-9-22)18(24)15(4)20-31(25,26)17-14(3)19-30-16(17)5/h12-13,15,20H,6-11H2,1-5H3/t12?,13?,15-/m0/s1. The smallest absolute Gasteiger partial charge is 0.282 e. The van der Waals surface area contributed by atoms with Gasteiger partial charge in [-0.3, -0.25) is 4.79 Å². The van der Waals surface area contributed by atoms with Crippen LogP contribution in [0.25, 0.3) is 0 Å². The third-order valence-corrected chi connectivity index (χ3v) is 9.28. The average molecular weight is 494 g/mol. The van der Waals surface area contributed by atoms with Crippen molar-refractivity contribution in [2.24, 2.45) is 0 Å². The fourth-order valence-corrected chi connectivity index (χ4v) is 7.37. The molecule has 0 bridgehead atoms. The van der Waals surface area contributed by atoms with E-state index in [1.807, 2.05) is 13.8 Å². The molecule has 0 aliphatic carbocycles. The van der Waals surface area contributed by atoms with Gasteiger partial charge in [0, 0.05) is 39.3 Å². The Bertz CT molecular complexity index is 1020. The van der Waals surface area contributed by atoms with Crippen LogP contribution in [0.3, 0.4) is 0 Å². The Balaban J connectivity index is 1.60. The Morgan fingerprint density at radius 3 is 2.09 bits per heavy atom. The second-order valence-corrected chi connectivity index (χ2v) is 11.9. The number of hydrogen-bond donors (Lipinski definition) is 1. The lowest BCUT2D eigenvalue weighted by Gasteiger charge is -2.40. The van der Waals surface area contributed by atoms with E-state index in [2.05, 4.69) is 9.88 Å². The summed E-state index contributed by atoms with van der Waals surface area (Å²) in [5.74, 6) is -0.286. The van der Waals surface area contributed by atoms with E-state index < -0.39 is 32.2 Å². The minimum atomic E-state index is -4.00. The quantitative estimate of drug-likeness (QED) is 0.557. The monoisotopic (exact) mass is 493 g/mol. The highest BCUT2D eigenvalue weighted by Crippen LogP contribution is 2.21. The zero-order valence-electron chi connectivity index (χ0n) is 18.9. The molecule has 1 aromatic heterocycles. The third kappa shape index (κ3) is 5.15. The van der Waals surface area contributed by atoms with Crippen LogP contribution in [0.15, 0.2) is 9.42 Å². The number of rotatable bonds is 6. The number of aryl methyl sites for hydroxylation is 2. The number of amides is 1. The molecule has 0 saturated carbocycles. The van der Waals surface area contributed by atoms with E-state index in [9.17, 15) is 21.6 Å². The van der Waals surface area contributed by atoms with Crippen LogP contribution in [0.4, 0.5) is 0 Å². The Labute approximate surface area is 189 Å². The Hall–Kier alpha value is -1.58. The van der Waals surface area contributed by atoms with Gasteiger partial charge in [-0.25, -0.2) is 8.42 Å². The molecule has 3 rings (SSSR count). The molecular formula is C18H31N5O7S2. The number of carbonyl (C=O) groups is 1. The molecule has 3 heterocycles. The van der Waals surface area contributed by atoms with Crippen LogP contribution in [0.1, 0.15) is 32.2 Å². The van der Waals surface area contributed by atoms with E-state index in [0.29, 0.717) is 0 Å². The largest absolute Gasteiger partial charge is 0.373 e. The first-order valence-corrected chi connectivity index (χ1v) is 13.4. The fourth-order valence-electron chi connectivity index (χ4n) is 4.10. The first-order valence-electron chi connectivity index (χ1n) is 10.5. The molecule has 1 amide bonds. The molecule has 0 spiro atoms. The SMILES string of the molecule is Cc1noc(C)c1S(=O)(=O)N[C@@H](C)C(=O)N1CCN(S(=O)(=O)N2CC(C)OC(C)C2)CC1. The number of hydrogen-bond acceptors (Lipinski definition) is 8. The highest BCUT2D eigenvalue weighted by molar-refractivity contribution is 7.89. The zero-order valence-corrected chi connectivity index (χ0v) is 20.6. The van der Waals surface area contributed by atoms with Crippen molar-refractivity contribution in [1.82, 2.24) is 23.4 Å². The molecule has 2 aliphatic rings. The molecule has 0 aromatic carbocycles. The first kappa shape index (κ1) is 25.1. The van der Waals surface area contributed by atoms with Crippen LogP contribution in [0.2, 0.25) is 0 Å². The summed E-state index contributed by atoms with van der Waals surface area (Å²) >= 11 is 0. The molecule has 3 atom stereocenters. The fraction of sp³-hybridized carbons (Fsp3) is 0.778. The van der Waals surface area contributed by atoms with Crippen molar-refractivity contribution in [2.75, 3.05) is 39.3 Å². The summed E-state index contributed by atoms with van der Waals surface area (Å²) in [5.41, 5.74) is 0.209. The van der Waals surface area contributed by atoms with E-state index in [4.69, 9.17) is 9.26 Å². The minimum Gasteiger partial charge on any atom is -0.373 e. The molecular weight excluding hydrogens is 462 g/mol. The molecule has 182 valence electrons. The molecule has 14 heteroatoms. The maximum absolute atomic E-state index is 13.0. The molecule has 1 aromatic rings. The summed E-state index contributed by atoms with van der Waals surface area (Å²) in [4.78, 5) is 14.2. The Kier molecular flexibility index (Phi) is 7.32. The van der Waals surface area contributed by atoms with Crippen LogP contribution in [-0.4, -0.2) is 98.9 Å². The van der Waals surface area contributed by atoms with Gasteiger partial charge in [0.1, 0.15) is 10.6 Å². The molecule has 32 heavy (non-hydrogen) atoms. The zero-order chi connectivity index (χ0) is 23.8. The van der Waals surface area contributed by atoms with Crippen LogP contribution in [0.5, 0.6) is 0 Å². The molecule has 2 unspecified atom stereocenters. The molecule has 2 saturated heterocycles. The summed E-state index contributed by atoms with van der Waals surface area (Å²) in [5, 5.41) is 3.64. The Morgan fingerprint density at radius 2 is 1.59 bits per heavy atom. The van der Waals surface area contributed by atoms with Gasteiger partial charge in [0.2, 0.25) is 15.9 Å². The number of carbonyl (C=O) groups excluding carboxylic acids is 1. The van der Waals surface area contributed by atoms with Gasteiger partial charge >= 0.3 is 0 Å². The molecule has 12 nitrogen and oxygen atoms in total. The van der Waals surface area contributed by atoms with Gasteiger partial charge in [0.25, 0.3) is 10.2 Å². The van der Waals surface area contributed by atoms with Crippen molar-refractivity contribution in [3.63, 3.8) is 0 Å². The van der Waals surface area contributed by atoms with Gasteiger partial charge in [0.15, 0.2) is 5.76 Å². The predicted octanol–water partition coefficient (Wildman–Crippen LogP) is -0.544. The van der Waals surface area contributed by atoms with Crippen LogP contribution in [-0.2, 0) is 29.8 Å². The van der Waals surface area contributed by atoms with Crippen molar-refractivity contribution in [3.8, 4) is 0 Å². The molecule has 0 radical (unpaired) electrons. The van der Waals surface area contributed by atoms with Crippen molar-refractivity contribution >= 4 is 26.1 Å². The summed E-state index contributed by atoms with van der Waals surface area (Å²) in [6, 6.07) is -1.03. The van der Waals surface area contributed by atoms with Gasteiger partial charge in [0.05, 0.1) is 18.2 Å². The highest BCUT2D eigenvalue weighted by atomic mass is 32.2. The van der Waals surface area contributed by atoms with Gasteiger partial charge in [-0.15, -0.1) is 0 Å². The number of nitrogens with one attached hydrogen (secondary N) is 1. The van der Waals surface area contributed by atoms with Crippen molar-refractivity contribution in [1.29, 1.82) is 0 Å². The second kappa shape index (κ2) is 9.35. The van der Waals surface area contributed by atoms with Gasteiger partial charge in [-0.1, -0.05) is 5.16 Å².